The Labute approximate surface area is 334 Å². The zero-order valence-electron chi connectivity index (χ0n) is 34.0. The Kier molecular flexibility index (Phi) is 10.4. The number of nitrogens with zero attached hydrogens (tertiary/aromatic N) is 4. The third kappa shape index (κ3) is 7.78. The molecule has 2 aliphatic carbocycles. The van der Waals surface area contributed by atoms with Gasteiger partial charge in [0.1, 0.15) is 17.7 Å². The molecule has 5 atom stereocenters. The molecule has 8 rings (SSSR count). The lowest BCUT2D eigenvalue weighted by atomic mass is 9.91. The number of ether oxygens (including phenoxy) is 2. The number of H-pyrrole nitrogens is 2. The predicted molar refractivity (Wildman–Crippen MR) is 217 cm³/mol. The first-order valence-corrected chi connectivity index (χ1v) is 20.6. The standard InChI is InChI=1S/C45H55N7O5/c1-7-31(24-56-5)28(4)41(53)51-25-45(18-19-45)22-37(51)40-47-33-15-12-30(20-34(33)48-40)9-8-29-10-13-32(14-11-29)35-23-46-39(49-35)36-21-44(16-17-44)26-52(36)42(54)38(27(2)3)50-43(55)57-6/h10-15,20,23,27-28,31,36-38H,7,16-19,21-22,24-26H2,1-6H3,(H,46,49)(H,47,48)(H,50,55)/t28-,31?,36-,37-,38-/m0/s1. The number of nitrogens with one attached hydrogen (secondary N) is 3. The van der Waals surface area contributed by atoms with Crippen LogP contribution in [-0.2, 0) is 19.1 Å². The van der Waals surface area contributed by atoms with Crippen LogP contribution in [0.25, 0.3) is 22.3 Å². The molecule has 2 aliphatic heterocycles. The fourth-order valence-electron chi connectivity index (χ4n) is 9.11. The lowest BCUT2D eigenvalue weighted by Crippen LogP contribution is -2.51. The summed E-state index contributed by atoms with van der Waals surface area (Å²) in [6.07, 6.45) is 8.43. The van der Waals surface area contributed by atoms with Gasteiger partial charge in [0.25, 0.3) is 0 Å². The van der Waals surface area contributed by atoms with Crippen molar-refractivity contribution in [2.24, 2.45) is 28.6 Å². The first-order valence-electron chi connectivity index (χ1n) is 20.6. The number of aromatic amines is 2. The molecule has 4 fully saturated rings. The number of likely N-dealkylation sites (tertiary alicyclic amines) is 2. The summed E-state index contributed by atoms with van der Waals surface area (Å²) in [6.45, 7) is 10.1. The van der Waals surface area contributed by atoms with Gasteiger partial charge in [-0.2, -0.15) is 0 Å². The molecule has 4 aromatic rings. The molecule has 2 aromatic carbocycles. The van der Waals surface area contributed by atoms with E-state index in [1.54, 1.807) is 7.11 Å². The van der Waals surface area contributed by atoms with E-state index in [9.17, 15) is 14.4 Å². The molecule has 300 valence electrons. The third-order valence-electron chi connectivity index (χ3n) is 13.2. The molecule has 0 bridgehead atoms. The number of imidazole rings is 2. The van der Waals surface area contributed by atoms with E-state index >= 15 is 0 Å². The maximum atomic E-state index is 13.9. The quantitative estimate of drug-likeness (QED) is 0.137. The van der Waals surface area contributed by atoms with E-state index in [-0.39, 0.29) is 52.5 Å². The minimum atomic E-state index is -0.681. The van der Waals surface area contributed by atoms with E-state index in [0.717, 1.165) is 83.7 Å². The fourth-order valence-corrected chi connectivity index (χ4v) is 9.11. The highest BCUT2D eigenvalue weighted by molar-refractivity contribution is 5.86. The second-order valence-electron chi connectivity index (χ2n) is 17.5. The molecule has 4 heterocycles. The molecule has 2 saturated heterocycles. The Morgan fingerprint density at radius 1 is 0.877 bits per heavy atom. The van der Waals surface area contributed by atoms with Gasteiger partial charge in [0.2, 0.25) is 11.8 Å². The summed E-state index contributed by atoms with van der Waals surface area (Å²) >= 11 is 0. The lowest BCUT2D eigenvalue weighted by Gasteiger charge is -2.30. The van der Waals surface area contributed by atoms with Crippen molar-refractivity contribution in [1.29, 1.82) is 0 Å². The highest BCUT2D eigenvalue weighted by Gasteiger charge is 2.56. The van der Waals surface area contributed by atoms with Crippen LogP contribution in [0.3, 0.4) is 0 Å². The third-order valence-corrected chi connectivity index (χ3v) is 13.2. The van der Waals surface area contributed by atoms with Crippen LogP contribution < -0.4 is 5.32 Å². The molecule has 2 saturated carbocycles. The van der Waals surface area contributed by atoms with Crippen LogP contribution in [0.4, 0.5) is 4.79 Å². The van der Waals surface area contributed by atoms with Gasteiger partial charge in [-0.05, 0) is 97.1 Å². The van der Waals surface area contributed by atoms with Crippen molar-refractivity contribution in [3.8, 4) is 23.1 Å². The van der Waals surface area contributed by atoms with Gasteiger partial charge in [-0.3, -0.25) is 9.59 Å². The normalized spacial score (nSPS) is 21.7. The molecule has 0 radical (unpaired) electrons. The van der Waals surface area contributed by atoms with Crippen LogP contribution in [0.2, 0.25) is 0 Å². The number of rotatable bonds is 11. The molecule has 2 aromatic heterocycles. The first kappa shape index (κ1) is 38.7. The number of benzene rings is 2. The van der Waals surface area contributed by atoms with E-state index in [1.165, 1.54) is 20.0 Å². The number of aromatic nitrogens is 4. The molecule has 57 heavy (non-hydrogen) atoms. The highest BCUT2D eigenvalue weighted by atomic mass is 16.5. The zero-order chi connectivity index (χ0) is 40.1. The van der Waals surface area contributed by atoms with E-state index in [0.29, 0.717) is 13.2 Å². The van der Waals surface area contributed by atoms with Gasteiger partial charge in [0.05, 0.1) is 42.1 Å². The topological polar surface area (TPSA) is 146 Å². The Hall–Kier alpha value is -5.15. The van der Waals surface area contributed by atoms with Crippen molar-refractivity contribution in [3.63, 3.8) is 0 Å². The monoisotopic (exact) mass is 773 g/mol. The van der Waals surface area contributed by atoms with E-state index in [4.69, 9.17) is 19.4 Å². The van der Waals surface area contributed by atoms with Gasteiger partial charge in [-0.25, -0.2) is 14.8 Å². The van der Waals surface area contributed by atoms with Gasteiger partial charge in [-0.15, -0.1) is 0 Å². The Balaban J connectivity index is 0.953. The van der Waals surface area contributed by atoms with Crippen molar-refractivity contribution in [2.45, 2.75) is 90.8 Å². The summed E-state index contributed by atoms with van der Waals surface area (Å²) in [7, 11) is 3.01. The highest BCUT2D eigenvalue weighted by Crippen LogP contribution is 2.59. The minimum absolute atomic E-state index is 0.0594. The first-order chi connectivity index (χ1) is 27.4. The summed E-state index contributed by atoms with van der Waals surface area (Å²) in [5.74, 6) is 8.31. The molecule has 12 heteroatoms. The summed E-state index contributed by atoms with van der Waals surface area (Å²) in [5, 5.41) is 2.74. The number of hydrogen-bond acceptors (Lipinski definition) is 7. The maximum Gasteiger partial charge on any atom is 0.407 e. The Morgan fingerprint density at radius 2 is 1.51 bits per heavy atom. The molecule has 3 N–H and O–H groups in total. The number of amides is 3. The maximum absolute atomic E-state index is 13.9. The molecule has 3 amide bonds. The largest absolute Gasteiger partial charge is 0.453 e. The van der Waals surface area contributed by atoms with Crippen molar-refractivity contribution in [1.82, 2.24) is 35.1 Å². The average Bonchev–Trinajstić information content (AvgIpc) is 3.83. The number of methoxy groups -OCH3 is 2. The number of hydrogen-bond donors (Lipinski definition) is 3. The van der Waals surface area contributed by atoms with E-state index in [2.05, 4.69) is 38.9 Å². The van der Waals surface area contributed by atoms with Crippen molar-refractivity contribution in [2.75, 3.05) is 33.9 Å². The second kappa shape index (κ2) is 15.3. The fraction of sp³-hybridized carbons (Fsp3) is 0.533. The molecule has 2 spiro atoms. The summed E-state index contributed by atoms with van der Waals surface area (Å²) < 4.78 is 10.3. The molecule has 12 nitrogen and oxygen atoms in total. The molecule has 1 unspecified atom stereocenters. The number of carbonyl (C=O) groups is 3. The van der Waals surface area contributed by atoms with Crippen molar-refractivity contribution in [3.05, 3.63) is 71.4 Å². The van der Waals surface area contributed by atoms with Crippen LogP contribution in [0.15, 0.2) is 48.7 Å². The second-order valence-corrected chi connectivity index (χ2v) is 17.5. The minimum Gasteiger partial charge on any atom is -0.453 e. The average molecular weight is 774 g/mol. The van der Waals surface area contributed by atoms with Crippen molar-refractivity contribution >= 4 is 28.9 Å². The van der Waals surface area contributed by atoms with Gasteiger partial charge in [-0.1, -0.05) is 58.1 Å². The number of alkyl carbamates (subject to hydrolysis) is 1. The van der Waals surface area contributed by atoms with Gasteiger partial charge >= 0.3 is 6.09 Å². The van der Waals surface area contributed by atoms with E-state index in [1.807, 2.05) is 74.3 Å². The number of carbonyl (C=O) groups excluding carboxylic acids is 3. The van der Waals surface area contributed by atoms with Crippen LogP contribution in [-0.4, -0.2) is 87.6 Å². The lowest BCUT2D eigenvalue weighted by molar-refractivity contribution is -0.139. The zero-order valence-corrected chi connectivity index (χ0v) is 34.0. The summed E-state index contributed by atoms with van der Waals surface area (Å²) in [5.41, 5.74) is 5.75. The van der Waals surface area contributed by atoms with Crippen LogP contribution >= 0.6 is 0 Å². The van der Waals surface area contributed by atoms with Gasteiger partial charge in [0.15, 0.2) is 0 Å². The summed E-state index contributed by atoms with van der Waals surface area (Å²) in [4.78, 5) is 60.6. The molecule has 4 aliphatic rings. The number of fused-ring (bicyclic) bond motifs is 1. The van der Waals surface area contributed by atoms with Gasteiger partial charge < -0.3 is 34.6 Å². The SMILES string of the molecule is CCC(COC)[C@H](C)C(=O)N1CC2(CC2)C[C@H]1c1nc2ccc(C#Cc3ccc(-c4cnc([C@@H]5CC6(CC6)CN5C(=O)[C@@H](NC(=O)OC)C(C)C)[nH]4)cc3)cc2[nH]1. The van der Waals surface area contributed by atoms with E-state index < -0.39 is 12.1 Å². The van der Waals surface area contributed by atoms with Crippen molar-refractivity contribution < 1.29 is 23.9 Å². The van der Waals surface area contributed by atoms with Crippen LogP contribution in [0, 0.1) is 40.4 Å². The molecular weight excluding hydrogens is 719 g/mol. The summed E-state index contributed by atoms with van der Waals surface area (Å²) in [6, 6.07) is 13.2. The Morgan fingerprint density at radius 3 is 2.12 bits per heavy atom. The van der Waals surface area contributed by atoms with Crippen LogP contribution in [0.1, 0.15) is 108 Å². The Bertz CT molecular complexity index is 2200. The van der Waals surface area contributed by atoms with Crippen LogP contribution in [0.5, 0.6) is 0 Å². The van der Waals surface area contributed by atoms with Gasteiger partial charge in [0, 0.05) is 43.9 Å². The predicted octanol–water partition coefficient (Wildman–Crippen LogP) is 7.15. The molecular formula is C45H55N7O5. The smallest absolute Gasteiger partial charge is 0.407 e.